The number of hydrogen-bond acceptors (Lipinski definition) is 6. The van der Waals surface area contributed by atoms with Gasteiger partial charge in [0.1, 0.15) is 11.4 Å². The number of anilines is 2. The Morgan fingerprint density at radius 2 is 1.66 bits per heavy atom. The Hall–Kier alpha value is -2.97. The van der Waals surface area contributed by atoms with E-state index in [0.717, 1.165) is 105 Å². The molecular formula is C36H48FN3O3S. The fourth-order valence-electron chi connectivity index (χ4n) is 7.09. The van der Waals surface area contributed by atoms with E-state index in [0.29, 0.717) is 25.7 Å². The number of aryl methyl sites for hydroxylation is 1. The molecule has 1 amide bonds. The van der Waals surface area contributed by atoms with Crippen molar-refractivity contribution in [1.29, 1.82) is 0 Å². The maximum absolute atomic E-state index is 14.3. The van der Waals surface area contributed by atoms with E-state index in [1.165, 1.54) is 12.7 Å². The first kappa shape index (κ1) is 32.4. The summed E-state index contributed by atoms with van der Waals surface area (Å²) in [6.07, 6.45) is 9.14. The molecule has 0 saturated carbocycles. The Balaban J connectivity index is 1.31. The Morgan fingerprint density at radius 3 is 2.34 bits per heavy atom. The number of amides is 1. The molecule has 2 aliphatic heterocycles. The van der Waals surface area contributed by atoms with Gasteiger partial charge in [0, 0.05) is 60.6 Å². The number of rotatable bonds is 14. The molecule has 3 aromatic rings. The normalized spacial score (nSPS) is 16.0. The van der Waals surface area contributed by atoms with Crippen LogP contribution in [0, 0.1) is 5.82 Å². The van der Waals surface area contributed by atoms with Gasteiger partial charge in [0.2, 0.25) is 5.91 Å². The summed E-state index contributed by atoms with van der Waals surface area (Å²) < 4.78 is 20.7. The van der Waals surface area contributed by atoms with Crippen LogP contribution in [0.25, 0.3) is 10.1 Å². The lowest BCUT2D eigenvalue weighted by Crippen LogP contribution is -2.59. The van der Waals surface area contributed by atoms with E-state index in [1.54, 1.807) is 23.5 Å². The van der Waals surface area contributed by atoms with Crippen LogP contribution < -0.4 is 9.80 Å². The number of methoxy groups -OCH3 is 1. The second-order valence-corrected chi connectivity index (χ2v) is 13.4. The maximum atomic E-state index is 14.3. The lowest BCUT2D eigenvalue weighted by Gasteiger charge is -2.45. The first-order valence-corrected chi connectivity index (χ1v) is 17.5. The number of thiophene rings is 1. The molecule has 44 heavy (non-hydrogen) atoms. The van der Waals surface area contributed by atoms with E-state index in [9.17, 15) is 14.0 Å². The molecule has 1 fully saturated rings. The molecule has 6 nitrogen and oxygen atoms in total. The number of nitrogens with zero attached hydrogens (tertiary/aromatic N) is 3. The van der Waals surface area contributed by atoms with Crippen LogP contribution in [0.1, 0.15) is 82.8 Å². The molecule has 2 aliphatic rings. The minimum absolute atomic E-state index is 0.0289. The Bertz CT molecular complexity index is 1420. The third-order valence-corrected chi connectivity index (χ3v) is 10.4. The number of unbranched alkanes of at least 4 members (excludes halogenated alkanes) is 4. The summed E-state index contributed by atoms with van der Waals surface area (Å²) in [4.78, 5) is 34.0. The molecule has 238 valence electrons. The highest BCUT2D eigenvalue weighted by Crippen LogP contribution is 2.40. The van der Waals surface area contributed by atoms with Crippen molar-refractivity contribution in [3.05, 3.63) is 58.7 Å². The largest absolute Gasteiger partial charge is 0.467 e. The summed E-state index contributed by atoms with van der Waals surface area (Å²) in [5.41, 5.74) is 3.23. The highest BCUT2D eigenvalue weighted by molar-refractivity contribution is 7.17. The molecule has 0 aliphatic carbocycles. The van der Waals surface area contributed by atoms with E-state index in [1.807, 2.05) is 10.3 Å². The first-order valence-electron chi connectivity index (χ1n) is 16.6. The van der Waals surface area contributed by atoms with Crippen molar-refractivity contribution in [2.75, 3.05) is 49.6 Å². The smallest absolute Gasteiger partial charge is 0.332 e. The Labute approximate surface area is 266 Å². The number of ether oxygens (including phenoxy) is 1. The van der Waals surface area contributed by atoms with Gasteiger partial charge in [-0.3, -0.25) is 14.6 Å². The number of esters is 1. The number of benzene rings is 2. The number of hydrogen-bond donors (Lipinski definition) is 0. The van der Waals surface area contributed by atoms with Crippen LogP contribution >= 0.6 is 11.3 Å². The highest BCUT2D eigenvalue weighted by atomic mass is 32.1. The SMILES string of the molecule is CCCCCC(CCCCC)(C(=O)OC)N1C(=O)CCc2ccc(CCN3CCN(c4cc(F)cc5sccc45)CC3)cc21. The topological polar surface area (TPSA) is 53.1 Å². The first-order chi connectivity index (χ1) is 21.4. The van der Waals surface area contributed by atoms with E-state index < -0.39 is 5.54 Å². The van der Waals surface area contributed by atoms with Crippen molar-refractivity contribution >= 4 is 44.7 Å². The molecule has 2 aromatic carbocycles. The summed E-state index contributed by atoms with van der Waals surface area (Å²) in [7, 11) is 1.46. The van der Waals surface area contributed by atoms with Gasteiger partial charge in [0.25, 0.3) is 0 Å². The van der Waals surface area contributed by atoms with Crippen LogP contribution in [0.4, 0.5) is 15.8 Å². The van der Waals surface area contributed by atoms with Crippen LogP contribution in [-0.2, 0) is 27.2 Å². The van der Waals surface area contributed by atoms with Crippen molar-refractivity contribution in [2.24, 2.45) is 0 Å². The van der Waals surface area contributed by atoms with Crippen LogP contribution in [0.5, 0.6) is 0 Å². The average Bonchev–Trinajstić information content (AvgIpc) is 3.51. The molecule has 3 heterocycles. The number of carbonyl (C=O) groups excluding carboxylic acids is 2. The molecule has 1 aromatic heterocycles. The molecule has 0 unspecified atom stereocenters. The van der Waals surface area contributed by atoms with Gasteiger partial charge in [0.05, 0.1) is 7.11 Å². The third-order valence-electron chi connectivity index (χ3n) is 9.57. The molecule has 0 atom stereocenters. The van der Waals surface area contributed by atoms with Crippen LogP contribution in [0.2, 0.25) is 0 Å². The summed E-state index contributed by atoms with van der Waals surface area (Å²) in [5, 5.41) is 3.16. The number of piperazine rings is 1. The van der Waals surface area contributed by atoms with Crippen molar-refractivity contribution in [3.8, 4) is 0 Å². The summed E-state index contributed by atoms with van der Waals surface area (Å²) >= 11 is 1.58. The van der Waals surface area contributed by atoms with Gasteiger partial charge in [-0.1, -0.05) is 64.5 Å². The van der Waals surface area contributed by atoms with Crippen LogP contribution in [-0.4, -0.2) is 62.1 Å². The number of carbonyl (C=O) groups is 2. The fraction of sp³-hybridized carbons (Fsp3) is 0.556. The summed E-state index contributed by atoms with van der Waals surface area (Å²) in [6, 6.07) is 11.9. The summed E-state index contributed by atoms with van der Waals surface area (Å²) in [5.74, 6) is -0.433. The van der Waals surface area contributed by atoms with Crippen LogP contribution in [0.3, 0.4) is 0 Å². The fourth-order valence-corrected chi connectivity index (χ4v) is 7.92. The minimum Gasteiger partial charge on any atom is -0.467 e. The van der Waals surface area contributed by atoms with Crippen molar-refractivity contribution in [3.63, 3.8) is 0 Å². The standard InChI is InChI=1S/C36H48FN3O3S/c1-4-6-8-16-36(35(42)43-3,17-9-7-5-2)40-31-24-27(10-11-28(31)12-13-34(40)41)14-18-38-19-21-39(22-20-38)32-25-29(37)26-33-30(32)15-23-44-33/h10-11,15,23-26H,4-9,12-14,16-22H2,1-3H3. The van der Waals surface area contributed by atoms with Gasteiger partial charge in [-0.05, 0) is 66.5 Å². The predicted octanol–water partition coefficient (Wildman–Crippen LogP) is 7.76. The molecule has 0 bridgehead atoms. The zero-order valence-corrected chi connectivity index (χ0v) is 27.5. The van der Waals surface area contributed by atoms with Crippen molar-refractivity contribution in [1.82, 2.24) is 4.90 Å². The van der Waals surface area contributed by atoms with Crippen LogP contribution in [0.15, 0.2) is 41.8 Å². The monoisotopic (exact) mass is 621 g/mol. The molecule has 0 spiro atoms. The molecule has 0 radical (unpaired) electrons. The van der Waals surface area contributed by atoms with E-state index >= 15 is 0 Å². The second-order valence-electron chi connectivity index (χ2n) is 12.5. The quantitative estimate of drug-likeness (QED) is 0.136. The molecular weight excluding hydrogens is 573 g/mol. The predicted molar refractivity (Wildman–Crippen MR) is 179 cm³/mol. The minimum atomic E-state index is -0.967. The zero-order valence-electron chi connectivity index (χ0n) is 26.7. The van der Waals surface area contributed by atoms with Gasteiger partial charge in [0.15, 0.2) is 0 Å². The van der Waals surface area contributed by atoms with E-state index in [-0.39, 0.29) is 17.7 Å². The van der Waals surface area contributed by atoms with Crippen molar-refractivity contribution in [2.45, 2.75) is 90.0 Å². The molecule has 5 rings (SSSR count). The highest BCUT2D eigenvalue weighted by Gasteiger charge is 2.48. The van der Waals surface area contributed by atoms with Gasteiger partial charge in [-0.25, -0.2) is 9.18 Å². The second kappa shape index (κ2) is 14.9. The number of halogens is 1. The Morgan fingerprint density at radius 1 is 0.932 bits per heavy atom. The lowest BCUT2D eigenvalue weighted by molar-refractivity contribution is -0.149. The maximum Gasteiger partial charge on any atom is 0.332 e. The third kappa shape index (κ3) is 6.96. The molecule has 8 heteroatoms. The zero-order chi connectivity index (χ0) is 31.1. The number of fused-ring (bicyclic) bond motifs is 2. The average molecular weight is 622 g/mol. The van der Waals surface area contributed by atoms with Crippen molar-refractivity contribution < 1.29 is 18.7 Å². The molecule has 0 N–H and O–H groups in total. The van der Waals surface area contributed by atoms with Gasteiger partial charge >= 0.3 is 5.97 Å². The van der Waals surface area contributed by atoms with E-state index in [2.05, 4.69) is 47.9 Å². The molecule has 1 saturated heterocycles. The van der Waals surface area contributed by atoms with E-state index in [4.69, 9.17) is 4.74 Å². The summed E-state index contributed by atoms with van der Waals surface area (Å²) in [6.45, 7) is 8.78. The van der Waals surface area contributed by atoms with Gasteiger partial charge in [-0.2, -0.15) is 0 Å². The Kier molecular flexibility index (Phi) is 11.0. The van der Waals surface area contributed by atoms with Gasteiger partial charge in [-0.15, -0.1) is 11.3 Å². The van der Waals surface area contributed by atoms with Gasteiger partial charge < -0.3 is 9.64 Å². The lowest BCUT2D eigenvalue weighted by atomic mass is 9.81.